The van der Waals surface area contributed by atoms with Gasteiger partial charge in [-0.2, -0.15) is 0 Å². The standard InChI is InChI=1S/C36H47FN6O5/c1-4-47-33-20-27(10-12-32(33)48-18-17-41-16-14-38-24-41)21-42-22-30(25(2)3)40-35(45)31-8-6-15-43(31)36(46)28-19-26(9-11-29(28)37)7-5-13-39-34(44)23-42/h9-12,14,16,19-20,24-25,30-31H,4-8,13,15,17-18,21-23H2,1-3H3,(H,39,44)(H,40,45)/t30-,31-/m0/s1. The van der Waals surface area contributed by atoms with Gasteiger partial charge in [0.05, 0.1) is 31.6 Å². The lowest BCUT2D eigenvalue weighted by molar-refractivity contribution is -0.126. The second kappa shape index (κ2) is 16.6. The highest BCUT2D eigenvalue weighted by molar-refractivity contribution is 5.98. The molecule has 3 heterocycles. The maximum absolute atomic E-state index is 14.9. The van der Waals surface area contributed by atoms with E-state index >= 15 is 0 Å². The highest BCUT2D eigenvalue weighted by Gasteiger charge is 2.37. The minimum absolute atomic E-state index is 0.0202. The molecule has 0 unspecified atom stereocenters. The molecular formula is C36H47FN6O5. The Labute approximate surface area is 281 Å². The van der Waals surface area contributed by atoms with Crippen molar-refractivity contribution < 1.29 is 28.2 Å². The van der Waals surface area contributed by atoms with Crippen LogP contribution in [0, 0.1) is 11.7 Å². The summed E-state index contributed by atoms with van der Waals surface area (Å²) >= 11 is 0. The SMILES string of the molecule is CCOc1cc(CN2CC(=O)NCCCc3ccc(F)c(c3)C(=O)N3CCC[C@H]3C(=O)N[C@H](C(C)C)C2)ccc1OCCn1ccnc1. The zero-order chi connectivity index (χ0) is 34.0. The summed E-state index contributed by atoms with van der Waals surface area (Å²) in [6.07, 6.45) is 7.72. The molecule has 48 heavy (non-hydrogen) atoms. The summed E-state index contributed by atoms with van der Waals surface area (Å²) in [5.74, 6) is -0.169. The van der Waals surface area contributed by atoms with Crippen LogP contribution in [0.4, 0.5) is 4.39 Å². The molecule has 0 spiro atoms. The van der Waals surface area contributed by atoms with E-state index in [4.69, 9.17) is 9.47 Å². The van der Waals surface area contributed by atoms with Gasteiger partial charge in [-0.05, 0) is 73.9 Å². The highest BCUT2D eigenvalue weighted by atomic mass is 19.1. The number of aromatic nitrogens is 2. The molecule has 3 amide bonds. The van der Waals surface area contributed by atoms with Crippen molar-refractivity contribution in [3.63, 3.8) is 0 Å². The Kier molecular flexibility index (Phi) is 12.1. The average Bonchev–Trinajstić information content (AvgIpc) is 3.77. The molecule has 2 bridgehead atoms. The quantitative estimate of drug-likeness (QED) is 0.358. The van der Waals surface area contributed by atoms with Gasteiger partial charge in [0, 0.05) is 44.6 Å². The van der Waals surface area contributed by atoms with E-state index in [-0.39, 0.29) is 35.9 Å². The second-order valence-electron chi connectivity index (χ2n) is 12.8. The third-order valence-electron chi connectivity index (χ3n) is 8.88. The maximum atomic E-state index is 14.9. The number of amides is 3. The van der Waals surface area contributed by atoms with E-state index in [2.05, 4.69) is 15.6 Å². The van der Waals surface area contributed by atoms with Gasteiger partial charge in [-0.25, -0.2) is 9.37 Å². The van der Waals surface area contributed by atoms with Gasteiger partial charge in [0.15, 0.2) is 11.5 Å². The van der Waals surface area contributed by atoms with Gasteiger partial charge in [0.2, 0.25) is 11.8 Å². The number of ether oxygens (including phenoxy) is 2. The van der Waals surface area contributed by atoms with E-state index in [0.29, 0.717) is 83.1 Å². The van der Waals surface area contributed by atoms with Crippen molar-refractivity contribution in [2.75, 3.05) is 39.4 Å². The van der Waals surface area contributed by atoms with E-state index in [9.17, 15) is 18.8 Å². The van der Waals surface area contributed by atoms with Crippen molar-refractivity contribution in [1.29, 1.82) is 0 Å². The fourth-order valence-electron chi connectivity index (χ4n) is 6.25. The molecule has 2 N–H and O–H groups in total. The van der Waals surface area contributed by atoms with Crippen LogP contribution in [-0.2, 0) is 29.1 Å². The number of halogens is 1. The zero-order valence-corrected chi connectivity index (χ0v) is 28.1. The van der Waals surface area contributed by atoms with Gasteiger partial charge >= 0.3 is 0 Å². The second-order valence-corrected chi connectivity index (χ2v) is 12.8. The van der Waals surface area contributed by atoms with Gasteiger partial charge in [-0.1, -0.05) is 26.0 Å². The summed E-state index contributed by atoms with van der Waals surface area (Å²) in [6, 6.07) is 9.35. The van der Waals surface area contributed by atoms with E-state index in [0.717, 1.165) is 11.1 Å². The van der Waals surface area contributed by atoms with Gasteiger partial charge in [0.25, 0.3) is 5.91 Å². The van der Waals surface area contributed by atoms with E-state index in [1.807, 2.05) is 54.6 Å². The summed E-state index contributed by atoms with van der Waals surface area (Å²) in [6.45, 7) is 9.31. The number of rotatable bonds is 9. The molecule has 2 aromatic carbocycles. The molecule has 2 atom stereocenters. The average molecular weight is 663 g/mol. The molecule has 2 aliphatic heterocycles. The Morgan fingerprint density at radius 3 is 2.69 bits per heavy atom. The summed E-state index contributed by atoms with van der Waals surface area (Å²) in [5.41, 5.74) is 1.72. The lowest BCUT2D eigenvalue weighted by Crippen LogP contribution is -2.53. The van der Waals surface area contributed by atoms with Crippen molar-refractivity contribution in [2.24, 2.45) is 5.92 Å². The van der Waals surface area contributed by atoms with Crippen LogP contribution < -0.4 is 20.1 Å². The van der Waals surface area contributed by atoms with E-state index in [1.54, 1.807) is 24.7 Å². The first-order valence-corrected chi connectivity index (χ1v) is 16.9. The number of carbonyl (C=O) groups is 3. The molecule has 0 aliphatic carbocycles. The molecule has 1 saturated heterocycles. The van der Waals surface area contributed by atoms with E-state index < -0.39 is 17.8 Å². The minimum Gasteiger partial charge on any atom is -0.490 e. The number of imidazole rings is 1. The number of hydrogen-bond donors (Lipinski definition) is 2. The van der Waals surface area contributed by atoms with Gasteiger partial charge < -0.3 is 29.6 Å². The predicted octanol–water partition coefficient (Wildman–Crippen LogP) is 3.81. The highest BCUT2D eigenvalue weighted by Crippen LogP contribution is 2.29. The van der Waals surface area contributed by atoms with Crippen molar-refractivity contribution >= 4 is 17.7 Å². The Balaban J connectivity index is 1.35. The number of aryl methyl sites for hydroxylation is 1. The van der Waals surface area contributed by atoms with Crippen LogP contribution in [0.5, 0.6) is 11.5 Å². The van der Waals surface area contributed by atoms with Crippen molar-refractivity contribution in [2.45, 2.75) is 71.6 Å². The first-order chi connectivity index (χ1) is 23.2. The van der Waals surface area contributed by atoms with E-state index in [1.165, 1.54) is 11.0 Å². The summed E-state index contributed by atoms with van der Waals surface area (Å²) in [7, 11) is 0. The first kappa shape index (κ1) is 34.9. The number of nitrogens with zero attached hydrogens (tertiary/aromatic N) is 4. The monoisotopic (exact) mass is 662 g/mol. The number of nitrogens with one attached hydrogen (secondary N) is 2. The predicted molar refractivity (Wildman–Crippen MR) is 179 cm³/mol. The van der Waals surface area contributed by atoms with Gasteiger partial charge in [0.1, 0.15) is 18.5 Å². The maximum Gasteiger partial charge on any atom is 0.257 e. The molecule has 11 nitrogen and oxygen atoms in total. The lowest BCUT2D eigenvalue weighted by Gasteiger charge is -2.32. The Hall–Kier alpha value is -4.45. The molecule has 0 saturated carbocycles. The molecule has 0 radical (unpaired) electrons. The molecule has 1 aromatic heterocycles. The Morgan fingerprint density at radius 1 is 1.06 bits per heavy atom. The van der Waals surface area contributed by atoms with Crippen LogP contribution in [0.1, 0.15) is 61.5 Å². The largest absolute Gasteiger partial charge is 0.490 e. The Bertz CT molecular complexity index is 1550. The van der Waals surface area contributed by atoms with Crippen molar-refractivity contribution in [3.05, 3.63) is 77.6 Å². The van der Waals surface area contributed by atoms with Crippen molar-refractivity contribution in [3.8, 4) is 11.5 Å². The fraction of sp³-hybridized carbons (Fsp3) is 0.500. The summed E-state index contributed by atoms with van der Waals surface area (Å²) in [5, 5.41) is 6.19. The van der Waals surface area contributed by atoms with Crippen LogP contribution in [0.3, 0.4) is 0 Å². The van der Waals surface area contributed by atoms with Crippen LogP contribution >= 0.6 is 0 Å². The molecule has 2 aliphatic rings. The Morgan fingerprint density at radius 2 is 1.92 bits per heavy atom. The third-order valence-corrected chi connectivity index (χ3v) is 8.88. The minimum atomic E-state index is -0.690. The molecule has 1 fully saturated rings. The van der Waals surface area contributed by atoms with Crippen LogP contribution in [0.15, 0.2) is 55.1 Å². The molecular weight excluding hydrogens is 615 g/mol. The zero-order valence-electron chi connectivity index (χ0n) is 28.1. The number of fused-ring (bicyclic) bond motifs is 3. The first-order valence-electron chi connectivity index (χ1n) is 16.9. The normalized spacial score (nSPS) is 19.9. The molecule has 5 rings (SSSR count). The molecule has 12 heteroatoms. The molecule has 258 valence electrons. The summed E-state index contributed by atoms with van der Waals surface area (Å²) < 4.78 is 28.8. The lowest BCUT2D eigenvalue weighted by atomic mass is 10.0. The van der Waals surface area contributed by atoms with Crippen LogP contribution in [0.2, 0.25) is 0 Å². The van der Waals surface area contributed by atoms with Crippen LogP contribution in [-0.4, -0.2) is 88.5 Å². The van der Waals surface area contributed by atoms with Crippen LogP contribution in [0.25, 0.3) is 0 Å². The number of benzene rings is 2. The fourth-order valence-corrected chi connectivity index (χ4v) is 6.25. The number of carbonyl (C=O) groups excluding carboxylic acids is 3. The molecule has 3 aromatic rings. The van der Waals surface area contributed by atoms with Crippen molar-refractivity contribution in [1.82, 2.24) is 30.0 Å². The van der Waals surface area contributed by atoms with Gasteiger partial charge in [-0.15, -0.1) is 0 Å². The topological polar surface area (TPSA) is 118 Å². The van der Waals surface area contributed by atoms with Gasteiger partial charge in [-0.3, -0.25) is 19.3 Å². The third kappa shape index (κ3) is 9.12. The summed E-state index contributed by atoms with van der Waals surface area (Å²) in [4.78, 5) is 48.1. The smallest absolute Gasteiger partial charge is 0.257 e. The number of hydrogen-bond acceptors (Lipinski definition) is 7.